The zero-order valence-electron chi connectivity index (χ0n) is 31.9. The van der Waals surface area contributed by atoms with Gasteiger partial charge < -0.3 is 0 Å². The Morgan fingerprint density at radius 1 is 0.586 bits per heavy atom. The topological polar surface area (TPSA) is 122 Å². The number of thioether (sulfide) groups is 2. The molecule has 11 heteroatoms. The summed E-state index contributed by atoms with van der Waals surface area (Å²) in [5.41, 5.74) is 3.11. The van der Waals surface area contributed by atoms with Gasteiger partial charge in [-0.25, -0.2) is 9.88 Å². The Bertz CT molecular complexity index is 2750. The van der Waals surface area contributed by atoms with Crippen LogP contribution in [-0.4, -0.2) is 56.6 Å². The third kappa shape index (κ3) is 6.15. The molecule has 1 aromatic heterocycles. The van der Waals surface area contributed by atoms with Crippen molar-refractivity contribution in [3.63, 3.8) is 0 Å². The van der Waals surface area contributed by atoms with Gasteiger partial charge in [0.1, 0.15) is 5.92 Å². The molecule has 5 aromatic carbocycles. The minimum absolute atomic E-state index is 0.133. The van der Waals surface area contributed by atoms with Crippen molar-refractivity contribution in [1.29, 1.82) is 0 Å². The Hall–Kier alpha value is -5.91. The van der Waals surface area contributed by atoms with Crippen molar-refractivity contribution < 1.29 is 28.8 Å². The smallest absolute Gasteiger partial charge is 0.266 e. The number of Topliss-reactive ketones (excluding diaryl/α,β-unsaturated/α-hetero) is 2. The number of carbonyl (C=O) groups excluding carboxylic acids is 6. The van der Waals surface area contributed by atoms with Crippen molar-refractivity contribution in [1.82, 2.24) is 9.88 Å². The maximum Gasteiger partial charge on any atom is 0.266 e. The molecule has 1 aliphatic carbocycles. The van der Waals surface area contributed by atoms with Crippen LogP contribution in [0.25, 0.3) is 21.7 Å². The van der Waals surface area contributed by atoms with Crippen LogP contribution in [0.4, 0.5) is 5.69 Å². The molecule has 288 valence electrons. The molecule has 58 heavy (non-hydrogen) atoms. The predicted molar refractivity (Wildman–Crippen MR) is 227 cm³/mol. The van der Waals surface area contributed by atoms with Crippen molar-refractivity contribution in [2.75, 3.05) is 16.4 Å². The summed E-state index contributed by atoms with van der Waals surface area (Å²) in [4.78, 5) is 93.3. The molecule has 0 bridgehead atoms. The summed E-state index contributed by atoms with van der Waals surface area (Å²) in [6.45, 7) is 4.10. The van der Waals surface area contributed by atoms with Crippen LogP contribution in [0.3, 0.4) is 0 Å². The van der Waals surface area contributed by atoms with Crippen molar-refractivity contribution >= 4 is 86.1 Å². The van der Waals surface area contributed by atoms with E-state index in [-0.39, 0.29) is 46.1 Å². The zero-order chi connectivity index (χ0) is 40.2. The van der Waals surface area contributed by atoms with E-state index in [4.69, 9.17) is 4.98 Å². The summed E-state index contributed by atoms with van der Waals surface area (Å²) in [7, 11) is 0. The maximum atomic E-state index is 14.2. The first kappa shape index (κ1) is 37.7. The van der Waals surface area contributed by atoms with E-state index in [1.807, 2.05) is 24.3 Å². The number of hydrogen-bond donors (Lipinski definition) is 0. The number of nitrogens with zero attached hydrogens (tertiary/aromatic N) is 3. The van der Waals surface area contributed by atoms with Crippen molar-refractivity contribution in [2.45, 2.75) is 61.8 Å². The van der Waals surface area contributed by atoms with E-state index >= 15 is 0 Å². The van der Waals surface area contributed by atoms with Gasteiger partial charge in [0.2, 0.25) is 0 Å². The Morgan fingerprint density at radius 3 is 1.84 bits per heavy atom. The number of fused-ring (bicyclic) bond motifs is 3. The molecular formula is C47H37N3O6S2. The number of aromatic nitrogens is 1. The van der Waals surface area contributed by atoms with Crippen molar-refractivity contribution in [3.05, 3.63) is 142 Å². The van der Waals surface area contributed by atoms with E-state index in [1.54, 1.807) is 96.3 Å². The molecule has 1 atom stereocenters. The summed E-state index contributed by atoms with van der Waals surface area (Å²) < 4.78 is 0. The van der Waals surface area contributed by atoms with E-state index in [9.17, 15) is 28.8 Å². The molecule has 0 saturated carbocycles. The molecule has 2 aliphatic heterocycles. The Labute approximate surface area is 343 Å². The highest BCUT2D eigenvalue weighted by atomic mass is 32.2. The summed E-state index contributed by atoms with van der Waals surface area (Å²) >= 11 is 3.26. The van der Waals surface area contributed by atoms with Crippen LogP contribution in [0.1, 0.15) is 119 Å². The van der Waals surface area contributed by atoms with E-state index in [1.165, 1.54) is 4.90 Å². The lowest BCUT2D eigenvalue weighted by Gasteiger charge is -2.28. The summed E-state index contributed by atoms with van der Waals surface area (Å²) in [6.07, 6.45) is 4.12. The predicted octanol–water partition coefficient (Wildman–Crippen LogP) is 9.93. The molecular weight excluding hydrogens is 767 g/mol. The molecule has 6 aromatic rings. The number of unbranched alkanes of at least 4 members (excludes halogenated alkanes) is 2. The van der Waals surface area contributed by atoms with Gasteiger partial charge in [0.15, 0.2) is 11.6 Å². The van der Waals surface area contributed by atoms with Gasteiger partial charge in [0.25, 0.3) is 23.6 Å². The quantitative estimate of drug-likeness (QED) is 0.0515. The second kappa shape index (κ2) is 15.1. The summed E-state index contributed by atoms with van der Waals surface area (Å²) in [5, 5.41) is 1.86. The number of pyridine rings is 1. The number of hydrogen-bond acceptors (Lipinski definition) is 9. The Morgan fingerprint density at radius 2 is 1.19 bits per heavy atom. The SMILES string of the molecule is CCCCSc1ccc2c(c1)C(=O)C(c1ccc3c(CN4C(=O)c5cccc6cccc(c56)C4=O)ccc(N4C(=O)c5ccc(SCCCC)cc5C4=O)c3n1)C2=O. The first-order valence-corrected chi connectivity index (χ1v) is 21.5. The summed E-state index contributed by atoms with van der Waals surface area (Å²) in [6, 6.07) is 27.9. The van der Waals surface area contributed by atoms with Gasteiger partial charge in [0, 0.05) is 42.8 Å². The number of amides is 4. The van der Waals surface area contributed by atoms with Crippen molar-refractivity contribution in [2.24, 2.45) is 0 Å². The third-order valence-electron chi connectivity index (χ3n) is 11.1. The fraction of sp³-hybridized carbons (Fsp3) is 0.213. The first-order chi connectivity index (χ1) is 28.2. The van der Waals surface area contributed by atoms with Gasteiger partial charge in [-0.05, 0) is 96.0 Å². The lowest BCUT2D eigenvalue weighted by molar-refractivity contribution is 0.0597. The molecule has 0 radical (unpaired) electrons. The van der Waals surface area contributed by atoms with Crippen LogP contribution in [-0.2, 0) is 6.54 Å². The van der Waals surface area contributed by atoms with Gasteiger partial charge in [-0.1, -0.05) is 63.1 Å². The van der Waals surface area contributed by atoms with E-state index in [0.717, 1.165) is 57.3 Å². The highest BCUT2D eigenvalue weighted by Gasteiger charge is 2.42. The van der Waals surface area contributed by atoms with E-state index < -0.39 is 29.5 Å². The van der Waals surface area contributed by atoms with Gasteiger partial charge in [0.05, 0.1) is 34.6 Å². The lowest BCUT2D eigenvalue weighted by atomic mass is 9.93. The zero-order valence-corrected chi connectivity index (χ0v) is 33.5. The molecule has 9 rings (SSSR count). The standard InChI is InChI=1S/C47H37N3O6S2/c1-3-5-21-57-28-14-16-31-35(23-28)43(52)40(42(31)51)37-19-18-30-27(25-49-44(53)33-11-7-9-26-10-8-12-34(39(26)33)45(49)54)13-20-38(41(30)48-37)50-46(55)32-17-15-29(58-22-6-4-2)24-36(32)47(50)56/h7-20,23-24,40H,3-6,21-22,25H2,1-2H3. The number of rotatable bonds is 12. The minimum atomic E-state index is -1.22. The molecule has 0 fully saturated rings. The van der Waals surface area contributed by atoms with Gasteiger partial charge in [-0.15, -0.1) is 23.5 Å². The highest BCUT2D eigenvalue weighted by molar-refractivity contribution is 7.99. The Kier molecular flexibility index (Phi) is 9.81. The van der Waals surface area contributed by atoms with Gasteiger partial charge in [-0.3, -0.25) is 33.7 Å². The maximum absolute atomic E-state index is 14.2. The average Bonchev–Trinajstić information content (AvgIpc) is 3.64. The number of carbonyl (C=O) groups is 6. The molecule has 1 unspecified atom stereocenters. The number of imide groups is 2. The molecule has 0 N–H and O–H groups in total. The minimum Gasteiger partial charge on any atom is -0.293 e. The molecule has 9 nitrogen and oxygen atoms in total. The Balaban J connectivity index is 1.13. The number of anilines is 1. The van der Waals surface area contributed by atoms with Crippen LogP contribution < -0.4 is 4.90 Å². The van der Waals surface area contributed by atoms with Gasteiger partial charge in [-0.2, -0.15) is 0 Å². The normalized spacial score (nSPS) is 16.0. The molecule has 3 heterocycles. The van der Waals surface area contributed by atoms with Gasteiger partial charge >= 0.3 is 0 Å². The van der Waals surface area contributed by atoms with Crippen LogP contribution in [0.5, 0.6) is 0 Å². The highest BCUT2D eigenvalue weighted by Crippen LogP contribution is 2.41. The average molecular weight is 804 g/mol. The monoisotopic (exact) mass is 803 g/mol. The molecule has 3 aliphatic rings. The fourth-order valence-corrected chi connectivity index (χ4v) is 10.1. The second-order valence-corrected chi connectivity index (χ2v) is 17.0. The number of ketones is 2. The lowest BCUT2D eigenvalue weighted by Crippen LogP contribution is -2.39. The van der Waals surface area contributed by atoms with Crippen molar-refractivity contribution in [3.8, 4) is 0 Å². The first-order valence-electron chi connectivity index (χ1n) is 19.5. The summed E-state index contributed by atoms with van der Waals surface area (Å²) in [5.74, 6) is -2.12. The molecule has 0 saturated heterocycles. The van der Waals surface area contributed by atoms with Crippen LogP contribution in [0, 0.1) is 0 Å². The molecule has 4 amide bonds. The largest absolute Gasteiger partial charge is 0.293 e. The third-order valence-corrected chi connectivity index (χ3v) is 13.3. The van der Waals surface area contributed by atoms with Crippen LogP contribution >= 0.6 is 23.5 Å². The second-order valence-electron chi connectivity index (χ2n) is 14.7. The van der Waals surface area contributed by atoms with E-state index in [0.29, 0.717) is 38.6 Å². The van der Waals surface area contributed by atoms with Crippen LogP contribution in [0.15, 0.2) is 107 Å². The number of benzene rings is 5. The fourth-order valence-electron chi connectivity index (χ4n) is 8.08. The van der Waals surface area contributed by atoms with E-state index in [2.05, 4.69) is 13.8 Å². The molecule has 0 spiro atoms. The van der Waals surface area contributed by atoms with Crippen LogP contribution in [0.2, 0.25) is 0 Å².